The van der Waals surface area contributed by atoms with E-state index in [2.05, 4.69) is 45.9 Å². The molecule has 5 heteroatoms. The van der Waals surface area contributed by atoms with E-state index < -0.39 is 0 Å². The minimum atomic E-state index is 0.181. The van der Waals surface area contributed by atoms with Gasteiger partial charge in [0.2, 0.25) is 5.95 Å². The van der Waals surface area contributed by atoms with Crippen molar-refractivity contribution in [3.05, 3.63) is 18.5 Å². The van der Waals surface area contributed by atoms with Crippen LogP contribution < -0.4 is 10.2 Å². The van der Waals surface area contributed by atoms with Gasteiger partial charge in [-0.2, -0.15) is 0 Å². The molecule has 1 aliphatic heterocycles. The number of piperazine rings is 1. The molecule has 1 aliphatic rings. The Balaban J connectivity index is 1.83. The first-order chi connectivity index (χ1) is 9.11. The largest absolute Gasteiger partial charge is 0.338 e. The molecule has 0 radical (unpaired) electrons. The normalized spacial score (nSPS) is 17.7. The van der Waals surface area contributed by atoms with Gasteiger partial charge in [0.15, 0.2) is 0 Å². The molecule has 0 amide bonds. The summed E-state index contributed by atoms with van der Waals surface area (Å²) in [4.78, 5) is 13.4. The number of likely N-dealkylation sites (N-methyl/N-ethyl adjacent to an activating group) is 1. The van der Waals surface area contributed by atoms with Crippen molar-refractivity contribution in [2.45, 2.75) is 26.3 Å². The van der Waals surface area contributed by atoms with Gasteiger partial charge in [-0.1, -0.05) is 6.92 Å². The Kier molecular flexibility index (Phi) is 4.71. The standard InChI is InChI=1S/C14H25N5/c1-4-17-14(2,3)12-18-8-10-19(11-9-18)13-15-6-5-7-16-13/h5-7,17H,4,8-12H2,1-3H3. The lowest BCUT2D eigenvalue weighted by Crippen LogP contribution is -2.54. The molecule has 0 saturated carbocycles. The first-order valence-corrected chi connectivity index (χ1v) is 7.10. The number of rotatable bonds is 5. The van der Waals surface area contributed by atoms with E-state index >= 15 is 0 Å². The zero-order chi connectivity index (χ0) is 13.7. The van der Waals surface area contributed by atoms with Gasteiger partial charge in [-0.3, -0.25) is 4.90 Å². The molecule has 2 rings (SSSR count). The van der Waals surface area contributed by atoms with Crippen LogP contribution >= 0.6 is 0 Å². The van der Waals surface area contributed by atoms with Crippen LogP contribution in [-0.4, -0.2) is 59.7 Å². The monoisotopic (exact) mass is 263 g/mol. The highest BCUT2D eigenvalue weighted by Crippen LogP contribution is 2.12. The van der Waals surface area contributed by atoms with Gasteiger partial charge < -0.3 is 10.2 Å². The average molecular weight is 263 g/mol. The van der Waals surface area contributed by atoms with E-state index in [0.29, 0.717) is 0 Å². The van der Waals surface area contributed by atoms with Crippen molar-refractivity contribution in [2.75, 3.05) is 44.2 Å². The number of nitrogens with one attached hydrogen (secondary N) is 1. The first kappa shape index (κ1) is 14.2. The van der Waals surface area contributed by atoms with Gasteiger partial charge in [-0.05, 0) is 26.5 Å². The predicted molar refractivity (Wildman–Crippen MR) is 78.4 cm³/mol. The highest BCUT2D eigenvalue weighted by Gasteiger charge is 2.24. The van der Waals surface area contributed by atoms with Crippen molar-refractivity contribution in [3.8, 4) is 0 Å². The predicted octanol–water partition coefficient (Wildman–Crippen LogP) is 0.987. The fourth-order valence-electron chi connectivity index (χ4n) is 2.65. The molecular weight excluding hydrogens is 238 g/mol. The topological polar surface area (TPSA) is 44.3 Å². The lowest BCUT2D eigenvalue weighted by atomic mass is 10.0. The van der Waals surface area contributed by atoms with E-state index in [1.807, 2.05) is 18.5 Å². The fraction of sp³-hybridized carbons (Fsp3) is 0.714. The fourth-order valence-corrected chi connectivity index (χ4v) is 2.65. The second kappa shape index (κ2) is 6.30. The molecule has 5 nitrogen and oxygen atoms in total. The van der Waals surface area contributed by atoms with Gasteiger partial charge in [0.05, 0.1) is 0 Å². The number of aromatic nitrogens is 2. The smallest absolute Gasteiger partial charge is 0.225 e. The van der Waals surface area contributed by atoms with Crippen molar-refractivity contribution < 1.29 is 0 Å². The Morgan fingerprint density at radius 1 is 1.16 bits per heavy atom. The van der Waals surface area contributed by atoms with Crippen LogP contribution in [0.2, 0.25) is 0 Å². The van der Waals surface area contributed by atoms with Gasteiger partial charge in [0.25, 0.3) is 0 Å². The van der Waals surface area contributed by atoms with Gasteiger partial charge in [-0.25, -0.2) is 9.97 Å². The molecule has 1 aromatic heterocycles. The van der Waals surface area contributed by atoms with Crippen LogP contribution in [0.4, 0.5) is 5.95 Å². The average Bonchev–Trinajstić information content (AvgIpc) is 2.40. The van der Waals surface area contributed by atoms with E-state index in [1.165, 1.54) is 0 Å². The van der Waals surface area contributed by atoms with E-state index in [1.54, 1.807) is 0 Å². The third-order valence-corrected chi connectivity index (χ3v) is 3.48. The highest BCUT2D eigenvalue weighted by atomic mass is 15.3. The van der Waals surface area contributed by atoms with Crippen molar-refractivity contribution in [1.82, 2.24) is 20.2 Å². The van der Waals surface area contributed by atoms with Crippen LogP contribution in [0, 0.1) is 0 Å². The summed E-state index contributed by atoms with van der Waals surface area (Å²) >= 11 is 0. The Bertz CT molecular complexity index is 371. The van der Waals surface area contributed by atoms with Crippen LogP contribution in [0.1, 0.15) is 20.8 Å². The lowest BCUT2D eigenvalue weighted by molar-refractivity contribution is 0.192. The Hall–Kier alpha value is -1.20. The quantitative estimate of drug-likeness (QED) is 0.858. The SMILES string of the molecule is CCNC(C)(C)CN1CCN(c2ncccn2)CC1. The molecule has 0 unspecified atom stereocenters. The van der Waals surface area contributed by atoms with Crippen LogP contribution in [-0.2, 0) is 0 Å². The van der Waals surface area contributed by atoms with Crippen molar-refractivity contribution in [2.24, 2.45) is 0 Å². The number of hydrogen-bond donors (Lipinski definition) is 1. The third-order valence-electron chi connectivity index (χ3n) is 3.48. The van der Waals surface area contributed by atoms with E-state index in [-0.39, 0.29) is 5.54 Å². The van der Waals surface area contributed by atoms with Gasteiger partial charge in [-0.15, -0.1) is 0 Å². The molecular formula is C14H25N5. The van der Waals surface area contributed by atoms with Crippen molar-refractivity contribution in [3.63, 3.8) is 0 Å². The zero-order valence-corrected chi connectivity index (χ0v) is 12.3. The molecule has 19 heavy (non-hydrogen) atoms. The summed E-state index contributed by atoms with van der Waals surface area (Å²) in [5, 5.41) is 3.53. The summed E-state index contributed by atoms with van der Waals surface area (Å²) in [5.41, 5.74) is 0.181. The molecule has 0 spiro atoms. The molecule has 0 bridgehead atoms. The van der Waals surface area contributed by atoms with Crippen LogP contribution in [0.25, 0.3) is 0 Å². The highest BCUT2D eigenvalue weighted by molar-refractivity contribution is 5.29. The van der Waals surface area contributed by atoms with Gasteiger partial charge in [0, 0.05) is 50.7 Å². The maximum absolute atomic E-state index is 4.32. The van der Waals surface area contributed by atoms with E-state index in [0.717, 1.165) is 45.2 Å². The molecule has 1 saturated heterocycles. The number of anilines is 1. The molecule has 1 aromatic rings. The minimum Gasteiger partial charge on any atom is -0.338 e. The van der Waals surface area contributed by atoms with Crippen LogP contribution in [0.3, 0.4) is 0 Å². The number of nitrogens with zero attached hydrogens (tertiary/aromatic N) is 4. The third kappa shape index (κ3) is 4.14. The number of hydrogen-bond acceptors (Lipinski definition) is 5. The van der Waals surface area contributed by atoms with Crippen molar-refractivity contribution in [1.29, 1.82) is 0 Å². The van der Waals surface area contributed by atoms with Crippen molar-refractivity contribution >= 4 is 5.95 Å². The van der Waals surface area contributed by atoms with E-state index in [9.17, 15) is 0 Å². The molecule has 2 heterocycles. The van der Waals surface area contributed by atoms with Crippen LogP contribution in [0.15, 0.2) is 18.5 Å². The lowest BCUT2D eigenvalue weighted by Gasteiger charge is -2.39. The summed E-state index contributed by atoms with van der Waals surface area (Å²) in [5.74, 6) is 0.855. The maximum atomic E-state index is 4.32. The second-order valence-corrected chi connectivity index (χ2v) is 5.73. The summed E-state index contributed by atoms with van der Waals surface area (Å²) in [7, 11) is 0. The maximum Gasteiger partial charge on any atom is 0.225 e. The van der Waals surface area contributed by atoms with Crippen LogP contribution in [0.5, 0.6) is 0 Å². The Morgan fingerprint density at radius 3 is 2.37 bits per heavy atom. The zero-order valence-electron chi connectivity index (χ0n) is 12.3. The second-order valence-electron chi connectivity index (χ2n) is 5.73. The molecule has 1 fully saturated rings. The van der Waals surface area contributed by atoms with Gasteiger partial charge in [0.1, 0.15) is 0 Å². The molecule has 0 atom stereocenters. The summed E-state index contributed by atoms with van der Waals surface area (Å²) in [6.45, 7) is 13.0. The van der Waals surface area contributed by atoms with E-state index in [4.69, 9.17) is 0 Å². The summed E-state index contributed by atoms with van der Waals surface area (Å²) in [6.07, 6.45) is 3.62. The molecule has 1 N–H and O–H groups in total. The summed E-state index contributed by atoms with van der Waals surface area (Å²) in [6, 6.07) is 1.86. The van der Waals surface area contributed by atoms with Gasteiger partial charge >= 0.3 is 0 Å². The molecule has 0 aliphatic carbocycles. The Labute approximate surface area is 116 Å². The molecule has 0 aromatic carbocycles. The Morgan fingerprint density at radius 2 is 1.79 bits per heavy atom. The first-order valence-electron chi connectivity index (χ1n) is 7.10. The molecule has 106 valence electrons. The summed E-state index contributed by atoms with van der Waals surface area (Å²) < 4.78 is 0. The minimum absolute atomic E-state index is 0.181.